The number of carbonyl (C=O) groups excluding carboxylic acids is 2. The van der Waals surface area contributed by atoms with Crippen LogP contribution >= 0.6 is 0 Å². The average molecular weight is 340 g/mol. The molecule has 2 fully saturated rings. The highest BCUT2D eigenvalue weighted by Crippen LogP contribution is 2.58. The van der Waals surface area contributed by atoms with Crippen molar-refractivity contribution in [3.05, 3.63) is 0 Å². The molecule has 2 rings (SSSR count). The molecule has 2 amide bonds. The fourth-order valence-electron chi connectivity index (χ4n) is 3.68. The van der Waals surface area contributed by atoms with Crippen LogP contribution in [0.15, 0.2) is 0 Å². The summed E-state index contributed by atoms with van der Waals surface area (Å²) in [6.45, 7) is 11.6. The second-order valence-corrected chi connectivity index (χ2v) is 8.06. The number of nitrogens with zero attached hydrogens (tertiary/aromatic N) is 2. The van der Waals surface area contributed by atoms with Gasteiger partial charge in [0.2, 0.25) is 5.91 Å². The Morgan fingerprint density at radius 3 is 1.96 bits per heavy atom. The molecule has 0 bridgehead atoms. The van der Waals surface area contributed by atoms with Crippen molar-refractivity contribution in [1.82, 2.24) is 9.80 Å². The molecule has 0 atom stereocenters. The summed E-state index contributed by atoms with van der Waals surface area (Å²) < 4.78 is 5.40. The lowest BCUT2D eigenvalue weighted by Gasteiger charge is -2.44. The molecule has 1 heterocycles. The largest absolute Gasteiger partial charge is 0.444 e. The number of carbonyl (C=O) groups is 2. The quantitative estimate of drug-likeness (QED) is 0.853. The Bertz CT molecular complexity index is 482. The van der Waals surface area contributed by atoms with Gasteiger partial charge in [0.1, 0.15) is 5.60 Å². The van der Waals surface area contributed by atoms with Gasteiger partial charge in [0.15, 0.2) is 0 Å². The number of amides is 2. The molecule has 1 saturated carbocycles. The molecule has 1 aliphatic carbocycles. The van der Waals surface area contributed by atoms with Gasteiger partial charge in [-0.15, -0.1) is 0 Å². The minimum atomic E-state index is -1.01. The monoisotopic (exact) mass is 340 g/mol. The van der Waals surface area contributed by atoms with Crippen molar-refractivity contribution in [2.45, 2.75) is 71.5 Å². The normalized spacial score (nSPS) is 22.0. The molecular weight excluding hydrogens is 308 g/mol. The van der Waals surface area contributed by atoms with Crippen LogP contribution in [-0.2, 0) is 9.53 Å². The third-order valence-corrected chi connectivity index (χ3v) is 5.34. The van der Waals surface area contributed by atoms with E-state index in [-0.39, 0.29) is 12.0 Å². The molecule has 6 heteroatoms. The first-order chi connectivity index (χ1) is 11.1. The van der Waals surface area contributed by atoms with Crippen molar-refractivity contribution in [2.24, 2.45) is 5.41 Å². The Labute approximate surface area is 145 Å². The zero-order valence-electron chi connectivity index (χ0n) is 15.7. The molecule has 0 aromatic heterocycles. The van der Waals surface area contributed by atoms with Crippen molar-refractivity contribution in [1.29, 1.82) is 0 Å². The van der Waals surface area contributed by atoms with Gasteiger partial charge < -0.3 is 19.6 Å². The number of likely N-dealkylation sites (tertiary alicyclic amines) is 1. The molecule has 0 spiro atoms. The molecule has 0 unspecified atom stereocenters. The zero-order valence-corrected chi connectivity index (χ0v) is 15.7. The van der Waals surface area contributed by atoms with Gasteiger partial charge in [0, 0.05) is 26.2 Å². The van der Waals surface area contributed by atoms with E-state index in [9.17, 15) is 14.7 Å². The maximum Gasteiger partial charge on any atom is 0.410 e. The second kappa shape index (κ2) is 6.54. The minimum Gasteiger partial charge on any atom is -0.444 e. The van der Waals surface area contributed by atoms with E-state index in [1.165, 1.54) is 0 Å². The summed E-state index contributed by atoms with van der Waals surface area (Å²) in [4.78, 5) is 28.5. The summed E-state index contributed by atoms with van der Waals surface area (Å²) >= 11 is 0. The second-order valence-electron chi connectivity index (χ2n) is 8.06. The molecule has 138 valence electrons. The highest BCUT2D eigenvalue weighted by Gasteiger charge is 2.65. The van der Waals surface area contributed by atoms with Gasteiger partial charge >= 0.3 is 6.09 Å². The van der Waals surface area contributed by atoms with Gasteiger partial charge in [-0.25, -0.2) is 4.79 Å². The van der Waals surface area contributed by atoms with E-state index in [2.05, 4.69) is 0 Å². The van der Waals surface area contributed by atoms with Gasteiger partial charge in [0.05, 0.1) is 11.0 Å². The van der Waals surface area contributed by atoms with Gasteiger partial charge in [-0.2, -0.15) is 0 Å². The molecule has 1 saturated heterocycles. The van der Waals surface area contributed by atoms with Crippen molar-refractivity contribution >= 4 is 12.0 Å². The van der Waals surface area contributed by atoms with Crippen LogP contribution in [0.1, 0.15) is 60.3 Å². The van der Waals surface area contributed by atoms with Crippen molar-refractivity contribution in [3.63, 3.8) is 0 Å². The van der Waals surface area contributed by atoms with Gasteiger partial charge in [-0.05, 0) is 60.3 Å². The lowest BCUT2D eigenvalue weighted by Crippen LogP contribution is -2.56. The Morgan fingerprint density at radius 1 is 1.08 bits per heavy atom. The number of hydrogen-bond acceptors (Lipinski definition) is 4. The van der Waals surface area contributed by atoms with Crippen LogP contribution in [0.3, 0.4) is 0 Å². The number of piperidine rings is 1. The van der Waals surface area contributed by atoms with Crippen LogP contribution in [0.5, 0.6) is 0 Å². The minimum absolute atomic E-state index is 0.0701. The fraction of sp³-hybridized carbons (Fsp3) is 0.889. The molecule has 0 aromatic rings. The molecule has 6 nitrogen and oxygen atoms in total. The first-order valence-electron chi connectivity index (χ1n) is 9.08. The first kappa shape index (κ1) is 19.0. The van der Waals surface area contributed by atoms with Crippen molar-refractivity contribution in [3.8, 4) is 0 Å². The zero-order chi connectivity index (χ0) is 18.2. The highest BCUT2D eigenvalue weighted by atomic mass is 16.6. The predicted molar refractivity (Wildman–Crippen MR) is 91.6 cm³/mol. The summed E-state index contributed by atoms with van der Waals surface area (Å²) in [7, 11) is 0. The molecule has 1 aliphatic heterocycles. The van der Waals surface area contributed by atoms with Crippen LogP contribution in [0.25, 0.3) is 0 Å². The average Bonchev–Trinajstić information content (AvgIpc) is 3.29. The van der Waals surface area contributed by atoms with Gasteiger partial charge in [0.25, 0.3) is 0 Å². The maximum atomic E-state index is 12.9. The number of aliphatic hydroxyl groups is 1. The maximum absolute atomic E-state index is 12.9. The van der Waals surface area contributed by atoms with Gasteiger partial charge in [-0.1, -0.05) is 0 Å². The molecule has 0 radical (unpaired) electrons. The third kappa shape index (κ3) is 3.53. The van der Waals surface area contributed by atoms with Crippen molar-refractivity contribution < 1.29 is 19.4 Å². The Hall–Kier alpha value is -1.30. The van der Waals surface area contributed by atoms with E-state index < -0.39 is 16.6 Å². The van der Waals surface area contributed by atoms with Crippen LogP contribution in [0.2, 0.25) is 0 Å². The summed E-state index contributed by atoms with van der Waals surface area (Å²) in [5, 5.41) is 11.2. The van der Waals surface area contributed by atoms with Gasteiger partial charge in [-0.3, -0.25) is 4.79 Å². The lowest BCUT2D eigenvalue weighted by molar-refractivity contribution is -0.153. The Morgan fingerprint density at radius 2 is 1.58 bits per heavy atom. The van der Waals surface area contributed by atoms with Crippen LogP contribution in [-0.4, -0.2) is 64.3 Å². The number of ether oxygens (including phenoxy) is 1. The summed E-state index contributed by atoms with van der Waals surface area (Å²) in [6.07, 6.45) is 2.00. The SMILES string of the molecule is CCN(CC)C(=O)C1(C2(O)CCN(C(=O)OC(C)(C)C)CC2)CC1. The van der Waals surface area contributed by atoms with Crippen LogP contribution in [0, 0.1) is 5.41 Å². The smallest absolute Gasteiger partial charge is 0.410 e. The predicted octanol–water partition coefficient (Wildman–Crippen LogP) is 2.40. The molecule has 0 aromatic carbocycles. The summed E-state index contributed by atoms with van der Waals surface area (Å²) in [5.41, 5.74) is -2.18. The summed E-state index contributed by atoms with van der Waals surface area (Å²) in [5.74, 6) is 0.0701. The van der Waals surface area contributed by atoms with Crippen LogP contribution < -0.4 is 0 Å². The molecule has 2 aliphatic rings. The number of rotatable bonds is 4. The third-order valence-electron chi connectivity index (χ3n) is 5.34. The molecule has 1 N–H and O–H groups in total. The molecule has 24 heavy (non-hydrogen) atoms. The van der Waals surface area contributed by atoms with E-state index in [1.54, 1.807) is 4.90 Å². The van der Waals surface area contributed by atoms with E-state index in [0.29, 0.717) is 39.0 Å². The topological polar surface area (TPSA) is 70.1 Å². The Balaban J connectivity index is 2.02. The van der Waals surface area contributed by atoms with E-state index >= 15 is 0 Å². The first-order valence-corrected chi connectivity index (χ1v) is 9.08. The highest BCUT2D eigenvalue weighted by molar-refractivity contribution is 5.87. The Kier molecular flexibility index (Phi) is 5.19. The van der Waals surface area contributed by atoms with Crippen LogP contribution in [0.4, 0.5) is 4.79 Å². The van der Waals surface area contributed by atoms with E-state index in [4.69, 9.17) is 4.74 Å². The van der Waals surface area contributed by atoms with Crippen molar-refractivity contribution in [2.75, 3.05) is 26.2 Å². The van der Waals surface area contributed by atoms with E-state index in [0.717, 1.165) is 12.8 Å². The standard InChI is InChI=1S/C18H32N2O4/c1-6-19(7-2)14(21)17(8-9-17)18(23)10-12-20(13-11-18)15(22)24-16(3,4)5/h23H,6-13H2,1-5H3. The fourth-order valence-corrected chi connectivity index (χ4v) is 3.68. The van der Waals surface area contributed by atoms with E-state index in [1.807, 2.05) is 39.5 Å². The summed E-state index contributed by atoms with van der Waals surface area (Å²) in [6, 6.07) is 0. The lowest BCUT2D eigenvalue weighted by atomic mass is 9.76. The number of hydrogen-bond donors (Lipinski definition) is 1. The molecular formula is C18H32N2O4.